The fourth-order valence-electron chi connectivity index (χ4n) is 2.49. The molecule has 4 heteroatoms. The first-order chi connectivity index (χ1) is 10.4. The molecular weight excluding hydrogens is 274 g/mol. The van der Waals surface area contributed by atoms with Gasteiger partial charge in [0.25, 0.3) is 0 Å². The highest BCUT2D eigenvalue weighted by Gasteiger charge is 2.11. The smallest absolute Gasteiger partial charge is 0.204 e. The normalized spacial score (nSPS) is 12.4. The van der Waals surface area contributed by atoms with Crippen LogP contribution in [0.2, 0.25) is 0 Å². The summed E-state index contributed by atoms with van der Waals surface area (Å²) in [6, 6.07) is 8.22. The third-order valence-electron chi connectivity index (χ3n) is 4.06. The molecule has 118 valence electrons. The Balaban J connectivity index is 2.47. The fraction of sp³-hybridized carbons (Fsp3) is 0.444. The summed E-state index contributed by atoms with van der Waals surface area (Å²) < 4.78 is 1.89. The molecule has 1 N–H and O–H groups in total. The number of benzene rings is 1. The lowest BCUT2D eigenvalue weighted by molar-refractivity contribution is 0.521. The van der Waals surface area contributed by atoms with Crippen LogP contribution in [0.15, 0.2) is 29.1 Å². The molecule has 22 heavy (non-hydrogen) atoms. The van der Waals surface area contributed by atoms with E-state index in [2.05, 4.69) is 50.2 Å². The van der Waals surface area contributed by atoms with Crippen LogP contribution in [-0.4, -0.2) is 15.8 Å². The molecule has 4 nitrogen and oxygen atoms in total. The molecule has 0 amide bonds. The summed E-state index contributed by atoms with van der Waals surface area (Å²) in [5, 5.41) is 7.95. The van der Waals surface area contributed by atoms with Crippen LogP contribution in [0.25, 0.3) is 5.69 Å². The number of aryl methyl sites for hydroxylation is 3. The van der Waals surface area contributed by atoms with Gasteiger partial charge in [0.05, 0.1) is 5.69 Å². The SMILES string of the molecule is CCC(C)NCc1nn(-c2c(C)cccc2C)c(C)cc1=O. The maximum Gasteiger partial charge on any atom is 0.204 e. The Morgan fingerprint density at radius 1 is 1.23 bits per heavy atom. The minimum atomic E-state index is -0.00390. The van der Waals surface area contributed by atoms with Crippen LogP contribution in [0.4, 0.5) is 0 Å². The van der Waals surface area contributed by atoms with Gasteiger partial charge in [0, 0.05) is 24.3 Å². The van der Waals surface area contributed by atoms with E-state index in [1.54, 1.807) is 6.07 Å². The van der Waals surface area contributed by atoms with Gasteiger partial charge in [0.1, 0.15) is 5.69 Å². The highest BCUT2D eigenvalue weighted by Crippen LogP contribution is 2.18. The zero-order chi connectivity index (χ0) is 16.3. The van der Waals surface area contributed by atoms with E-state index < -0.39 is 0 Å². The molecule has 2 rings (SSSR count). The molecule has 2 aromatic rings. The molecule has 0 spiro atoms. The first kappa shape index (κ1) is 16.4. The molecule has 0 radical (unpaired) electrons. The summed E-state index contributed by atoms with van der Waals surface area (Å²) in [5.74, 6) is 0. The van der Waals surface area contributed by atoms with Crippen LogP contribution in [0.3, 0.4) is 0 Å². The van der Waals surface area contributed by atoms with Crippen LogP contribution in [0, 0.1) is 20.8 Å². The molecule has 0 saturated carbocycles. The summed E-state index contributed by atoms with van der Waals surface area (Å²) in [6.07, 6.45) is 1.02. The van der Waals surface area contributed by atoms with Crippen molar-refractivity contribution in [2.75, 3.05) is 0 Å². The van der Waals surface area contributed by atoms with Gasteiger partial charge in [-0.25, -0.2) is 4.68 Å². The Kier molecular flexibility index (Phi) is 5.14. The van der Waals surface area contributed by atoms with E-state index in [0.717, 1.165) is 28.9 Å². The highest BCUT2D eigenvalue weighted by atomic mass is 16.1. The maximum atomic E-state index is 12.2. The van der Waals surface area contributed by atoms with Crippen LogP contribution < -0.4 is 10.7 Å². The van der Waals surface area contributed by atoms with Crippen molar-refractivity contribution in [1.29, 1.82) is 0 Å². The summed E-state index contributed by atoms with van der Waals surface area (Å²) in [7, 11) is 0. The van der Waals surface area contributed by atoms with E-state index >= 15 is 0 Å². The minimum Gasteiger partial charge on any atom is -0.308 e. The average molecular weight is 299 g/mol. The van der Waals surface area contributed by atoms with Crippen molar-refractivity contribution >= 4 is 0 Å². The van der Waals surface area contributed by atoms with Crippen LogP contribution in [-0.2, 0) is 6.54 Å². The minimum absolute atomic E-state index is 0.00390. The molecule has 0 aliphatic rings. The number of nitrogens with zero attached hydrogens (tertiary/aromatic N) is 2. The predicted molar refractivity (Wildman–Crippen MR) is 90.6 cm³/mol. The summed E-state index contributed by atoms with van der Waals surface area (Å²) in [5.41, 5.74) is 4.78. The van der Waals surface area contributed by atoms with Crippen molar-refractivity contribution in [2.24, 2.45) is 0 Å². The van der Waals surface area contributed by atoms with E-state index in [1.165, 1.54) is 0 Å². The van der Waals surface area contributed by atoms with Gasteiger partial charge in [-0.1, -0.05) is 25.1 Å². The standard InChI is InChI=1S/C18H25N3O/c1-6-14(4)19-11-16-17(22)10-15(5)21(20-16)18-12(2)8-7-9-13(18)3/h7-10,14,19H,6,11H2,1-5H3. The van der Waals surface area contributed by atoms with E-state index in [0.29, 0.717) is 18.3 Å². The van der Waals surface area contributed by atoms with E-state index in [9.17, 15) is 4.79 Å². The summed E-state index contributed by atoms with van der Waals surface area (Å²) in [4.78, 5) is 12.2. The number of aromatic nitrogens is 2. The predicted octanol–water partition coefficient (Wildman–Crippen LogP) is 3.05. The Labute approximate surface area is 132 Å². The zero-order valence-electron chi connectivity index (χ0n) is 14.1. The molecular formula is C18H25N3O. The largest absolute Gasteiger partial charge is 0.308 e. The monoisotopic (exact) mass is 299 g/mol. The topological polar surface area (TPSA) is 46.9 Å². The van der Waals surface area contributed by atoms with E-state index in [1.807, 2.05) is 17.7 Å². The van der Waals surface area contributed by atoms with E-state index in [-0.39, 0.29) is 5.43 Å². The van der Waals surface area contributed by atoms with Crippen LogP contribution in [0.5, 0.6) is 0 Å². The summed E-state index contributed by atoms with van der Waals surface area (Å²) >= 11 is 0. The molecule has 0 fully saturated rings. The lowest BCUT2D eigenvalue weighted by Gasteiger charge is -2.17. The molecule has 0 saturated heterocycles. The summed E-state index contributed by atoms with van der Waals surface area (Å²) in [6.45, 7) is 10.8. The van der Waals surface area contributed by atoms with Crippen molar-refractivity contribution in [2.45, 2.75) is 53.6 Å². The molecule has 1 heterocycles. The van der Waals surface area contributed by atoms with Gasteiger partial charge in [-0.2, -0.15) is 5.10 Å². The average Bonchev–Trinajstić information content (AvgIpc) is 2.47. The first-order valence-electron chi connectivity index (χ1n) is 7.83. The number of hydrogen-bond donors (Lipinski definition) is 1. The van der Waals surface area contributed by atoms with Gasteiger partial charge in [-0.15, -0.1) is 0 Å². The second kappa shape index (κ2) is 6.88. The lowest BCUT2D eigenvalue weighted by atomic mass is 10.1. The van der Waals surface area contributed by atoms with Gasteiger partial charge in [0.15, 0.2) is 0 Å². The fourth-order valence-corrected chi connectivity index (χ4v) is 2.49. The Morgan fingerprint density at radius 2 is 1.86 bits per heavy atom. The Bertz CT molecular complexity index is 699. The van der Waals surface area contributed by atoms with Crippen molar-refractivity contribution < 1.29 is 0 Å². The molecule has 1 aromatic heterocycles. The number of nitrogens with one attached hydrogen (secondary N) is 1. The number of para-hydroxylation sites is 1. The second-order valence-corrected chi connectivity index (χ2v) is 5.94. The second-order valence-electron chi connectivity index (χ2n) is 5.94. The van der Waals surface area contributed by atoms with Gasteiger partial charge in [-0.3, -0.25) is 4.79 Å². The molecule has 0 aliphatic carbocycles. The van der Waals surface area contributed by atoms with Crippen molar-refractivity contribution in [3.8, 4) is 5.69 Å². The van der Waals surface area contributed by atoms with Gasteiger partial charge in [0.2, 0.25) is 5.43 Å². The van der Waals surface area contributed by atoms with Crippen molar-refractivity contribution in [1.82, 2.24) is 15.1 Å². The van der Waals surface area contributed by atoms with Gasteiger partial charge >= 0.3 is 0 Å². The van der Waals surface area contributed by atoms with Gasteiger partial charge < -0.3 is 5.32 Å². The third kappa shape index (κ3) is 3.45. The first-order valence-corrected chi connectivity index (χ1v) is 7.83. The molecule has 1 atom stereocenters. The third-order valence-corrected chi connectivity index (χ3v) is 4.06. The molecule has 1 unspecified atom stereocenters. The van der Waals surface area contributed by atoms with Crippen molar-refractivity contribution in [3.05, 3.63) is 57.0 Å². The number of rotatable bonds is 5. The van der Waals surface area contributed by atoms with Crippen molar-refractivity contribution in [3.63, 3.8) is 0 Å². The molecule has 1 aromatic carbocycles. The Morgan fingerprint density at radius 3 is 2.45 bits per heavy atom. The Hall–Kier alpha value is -1.94. The lowest BCUT2D eigenvalue weighted by Crippen LogP contribution is -2.30. The maximum absolute atomic E-state index is 12.2. The van der Waals surface area contributed by atoms with E-state index in [4.69, 9.17) is 0 Å². The van der Waals surface area contributed by atoms with Crippen LogP contribution >= 0.6 is 0 Å². The highest BCUT2D eigenvalue weighted by molar-refractivity contribution is 5.47. The number of hydrogen-bond acceptors (Lipinski definition) is 3. The molecule has 0 bridgehead atoms. The quantitative estimate of drug-likeness (QED) is 0.923. The van der Waals surface area contributed by atoms with Crippen LogP contribution in [0.1, 0.15) is 42.8 Å². The zero-order valence-corrected chi connectivity index (χ0v) is 14.1. The van der Waals surface area contributed by atoms with Gasteiger partial charge in [-0.05, 0) is 45.2 Å². The molecule has 0 aliphatic heterocycles.